The van der Waals surface area contributed by atoms with Gasteiger partial charge in [0.25, 0.3) is 5.91 Å². The van der Waals surface area contributed by atoms with E-state index < -0.39 is 18.0 Å². The smallest absolute Gasteiger partial charge is 0.337 e. The number of pyridine rings is 4. The molecule has 4 aromatic heterocycles. The van der Waals surface area contributed by atoms with Crippen LogP contribution in [-0.2, 0) is 16.0 Å². The van der Waals surface area contributed by atoms with E-state index in [0.717, 1.165) is 25.2 Å². The van der Waals surface area contributed by atoms with E-state index in [9.17, 15) is 29.1 Å². The summed E-state index contributed by atoms with van der Waals surface area (Å²) in [7, 11) is 2.65. The molecule has 0 bridgehead atoms. The molecular weight excluding hydrogens is 839 g/mol. The Hall–Kier alpha value is -8.27. The molecule has 15 nitrogen and oxygen atoms in total. The lowest BCUT2D eigenvalue weighted by atomic mass is 10.0. The summed E-state index contributed by atoms with van der Waals surface area (Å²) in [4.78, 5) is 80.2. The van der Waals surface area contributed by atoms with Crippen molar-refractivity contribution < 1.29 is 38.6 Å². The second-order valence-corrected chi connectivity index (χ2v) is 14.7. The van der Waals surface area contributed by atoms with Crippen molar-refractivity contribution in [1.29, 1.82) is 0 Å². The zero-order chi connectivity index (χ0) is 46.8. The van der Waals surface area contributed by atoms with Crippen LogP contribution in [0.2, 0.25) is 0 Å². The van der Waals surface area contributed by atoms with Crippen LogP contribution in [0, 0.1) is 0 Å². The monoisotopic (exact) mass is 885 g/mol. The predicted molar refractivity (Wildman–Crippen MR) is 245 cm³/mol. The molecule has 0 radical (unpaired) electrons. The number of nitrogens with zero attached hydrogens (tertiary/aromatic N) is 6. The minimum Gasteiger partial charge on any atom is -0.465 e. The first kappa shape index (κ1) is 47.2. The van der Waals surface area contributed by atoms with Crippen molar-refractivity contribution in [3.8, 4) is 0 Å². The Kier molecular flexibility index (Phi) is 16.8. The van der Waals surface area contributed by atoms with E-state index in [2.05, 4.69) is 34.3 Å². The number of carbonyl (C=O) groups is 5. The molecule has 8 rings (SSSR count). The highest BCUT2D eigenvalue weighted by atomic mass is 16.5. The summed E-state index contributed by atoms with van der Waals surface area (Å²) in [6, 6.07) is 39.3. The number of esters is 2. The molecule has 1 amide bonds. The van der Waals surface area contributed by atoms with E-state index in [1.54, 1.807) is 146 Å². The highest BCUT2D eigenvalue weighted by molar-refractivity contribution is 6.08. The number of methoxy groups -OCH3 is 2. The van der Waals surface area contributed by atoms with Gasteiger partial charge in [-0.05, 0) is 96.1 Å². The third-order valence-corrected chi connectivity index (χ3v) is 10.3. The number of benzene rings is 3. The topological polar surface area (TPSA) is 208 Å². The van der Waals surface area contributed by atoms with Gasteiger partial charge < -0.3 is 25.2 Å². The Morgan fingerprint density at radius 1 is 0.561 bits per heavy atom. The molecule has 66 heavy (non-hydrogen) atoms. The lowest BCUT2D eigenvalue weighted by Crippen LogP contribution is -2.48. The second kappa shape index (κ2) is 23.4. The quantitative estimate of drug-likeness (QED) is 0.108. The van der Waals surface area contributed by atoms with Gasteiger partial charge in [-0.15, -0.1) is 0 Å². The molecule has 1 saturated heterocycles. The largest absolute Gasteiger partial charge is 0.465 e. The highest BCUT2D eigenvalue weighted by Crippen LogP contribution is 2.21. The van der Waals surface area contributed by atoms with Crippen LogP contribution >= 0.6 is 0 Å². The lowest BCUT2D eigenvalue weighted by Gasteiger charge is -2.34. The molecule has 3 N–H and O–H groups in total. The number of anilines is 1. The molecule has 1 fully saturated rings. The van der Waals surface area contributed by atoms with Crippen LogP contribution in [0.15, 0.2) is 164 Å². The van der Waals surface area contributed by atoms with Gasteiger partial charge >= 0.3 is 11.9 Å². The first-order valence-electron chi connectivity index (χ1n) is 20.7. The molecule has 5 heterocycles. The number of aliphatic hydroxyl groups excluding tert-OH is 1. The zero-order valence-electron chi connectivity index (χ0n) is 36.3. The Balaban J connectivity index is 0.000000173. The summed E-state index contributed by atoms with van der Waals surface area (Å²) in [5.41, 5.74) is 11.3. The summed E-state index contributed by atoms with van der Waals surface area (Å²) >= 11 is 0. The van der Waals surface area contributed by atoms with Crippen molar-refractivity contribution in [3.05, 3.63) is 220 Å². The number of carbonyl (C=O) groups excluding carboxylic acids is 5. The molecule has 3 aromatic carbocycles. The first-order chi connectivity index (χ1) is 32.0. The van der Waals surface area contributed by atoms with E-state index in [0.29, 0.717) is 69.4 Å². The van der Waals surface area contributed by atoms with E-state index in [1.165, 1.54) is 14.2 Å². The van der Waals surface area contributed by atoms with Crippen LogP contribution in [-0.4, -0.2) is 105 Å². The van der Waals surface area contributed by atoms with Gasteiger partial charge in [-0.3, -0.25) is 34.2 Å². The summed E-state index contributed by atoms with van der Waals surface area (Å²) < 4.78 is 9.19. The highest BCUT2D eigenvalue weighted by Gasteiger charge is 2.23. The van der Waals surface area contributed by atoms with Crippen LogP contribution < -0.4 is 5.73 Å². The fourth-order valence-electron chi connectivity index (χ4n) is 6.70. The molecule has 1 unspecified atom stereocenters. The van der Waals surface area contributed by atoms with E-state index in [4.69, 9.17) is 5.73 Å². The van der Waals surface area contributed by atoms with Gasteiger partial charge in [-0.25, -0.2) is 14.6 Å². The summed E-state index contributed by atoms with van der Waals surface area (Å²) in [5.74, 6) is -0.640. The molecular formula is C51H47N7O8. The van der Waals surface area contributed by atoms with Crippen molar-refractivity contribution in [1.82, 2.24) is 29.7 Å². The number of ketones is 2. The minimum absolute atomic E-state index is 0.0142. The normalized spacial score (nSPS) is 12.5. The number of rotatable bonds is 11. The number of hydrogen-bond acceptors (Lipinski definition) is 14. The Morgan fingerprint density at radius 2 is 1.03 bits per heavy atom. The number of piperazine rings is 1. The SMILES string of the molecule is COC(=O)c1ccc(C(=O)c2ccccn2)cc1.COC(=O)c1ccc(C(O)c2ccccn2)cc1.Nc1cc(CN2CCN(C(=O)c3ccc(C(=O)c4ccccn4)cc3)CC2)ccn1. The van der Waals surface area contributed by atoms with E-state index in [-0.39, 0.29) is 17.5 Å². The van der Waals surface area contributed by atoms with Gasteiger partial charge in [0.05, 0.1) is 31.0 Å². The number of ether oxygens (including phenoxy) is 2. The summed E-state index contributed by atoms with van der Waals surface area (Å²) in [6.07, 6.45) is 5.70. The van der Waals surface area contributed by atoms with E-state index in [1.807, 2.05) is 23.1 Å². The maximum absolute atomic E-state index is 12.8. The van der Waals surface area contributed by atoms with Crippen molar-refractivity contribution in [3.63, 3.8) is 0 Å². The third-order valence-electron chi connectivity index (χ3n) is 10.3. The lowest BCUT2D eigenvalue weighted by molar-refractivity contribution is 0.0592. The Labute approximate surface area is 381 Å². The van der Waals surface area contributed by atoms with Crippen molar-refractivity contribution in [2.75, 3.05) is 46.1 Å². The molecule has 0 aliphatic carbocycles. The fraction of sp³-hybridized carbons (Fsp3) is 0.157. The first-order valence-corrected chi connectivity index (χ1v) is 20.7. The number of hydrogen-bond donors (Lipinski definition) is 2. The maximum Gasteiger partial charge on any atom is 0.337 e. The molecule has 1 aliphatic heterocycles. The molecule has 1 aliphatic rings. The van der Waals surface area contributed by atoms with E-state index >= 15 is 0 Å². The molecule has 0 spiro atoms. The van der Waals surface area contributed by atoms with Gasteiger partial charge in [0.15, 0.2) is 0 Å². The van der Waals surface area contributed by atoms with Crippen LogP contribution in [0.5, 0.6) is 0 Å². The van der Waals surface area contributed by atoms with Crippen LogP contribution in [0.3, 0.4) is 0 Å². The van der Waals surface area contributed by atoms with Crippen molar-refractivity contribution in [2.45, 2.75) is 12.6 Å². The van der Waals surface area contributed by atoms with Crippen molar-refractivity contribution >= 4 is 35.2 Å². The Bertz CT molecular complexity index is 2700. The minimum atomic E-state index is -0.794. The van der Waals surface area contributed by atoms with Gasteiger partial charge in [0, 0.05) is 74.2 Å². The molecule has 15 heteroatoms. The number of aromatic nitrogens is 4. The van der Waals surface area contributed by atoms with Gasteiger partial charge in [-0.1, -0.05) is 54.6 Å². The average Bonchev–Trinajstić information content (AvgIpc) is 3.39. The van der Waals surface area contributed by atoms with Gasteiger partial charge in [0.2, 0.25) is 11.6 Å². The summed E-state index contributed by atoms with van der Waals surface area (Å²) in [5, 5.41) is 10.1. The molecule has 0 saturated carbocycles. The summed E-state index contributed by atoms with van der Waals surface area (Å²) in [6.45, 7) is 3.70. The Morgan fingerprint density at radius 3 is 1.48 bits per heavy atom. The zero-order valence-corrected chi connectivity index (χ0v) is 36.3. The maximum atomic E-state index is 12.8. The van der Waals surface area contributed by atoms with Gasteiger partial charge in [-0.2, -0.15) is 0 Å². The van der Waals surface area contributed by atoms with Gasteiger partial charge in [0.1, 0.15) is 23.3 Å². The number of amides is 1. The second-order valence-electron chi connectivity index (χ2n) is 14.7. The predicted octanol–water partition coefficient (Wildman–Crippen LogP) is 6.30. The van der Waals surface area contributed by atoms with Crippen molar-refractivity contribution in [2.24, 2.45) is 0 Å². The van der Waals surface area contributed by atoms with Crippen LogP contribution in [0.4, 0.5) is 5.82 Å². The average molecular weight is 886 g/mol. The fourth-order valence-corrected chi connectivity index (χ4v) is 6.70. The van der Waals surface area contributed by atoms with Crippen LogP contribution in [0.25, 0.3) is 0 Å². The number of aliphatic hydroxyl groups is 1. The van der Waals surface area contributed by atoms with Crippen LogP contribution in [0.1, 0.15) is 86.1 Å². The number of nitrogens with two attached hydrogens (primary N) is 1. The molecule has 7 aromatic rings. The standard InChI is InChI=1S/C23H23N5O2.C14H13NO3.C14H11NO3/c24-21-15-17(8-10-26-21)16-27-11-13-28(14-12-27)23(30)19-6-4-18(5-7-19)22(29)20-3-1-2-9-25-20;2*1-18-14(17)11-7-5-10(6-8-11)13(16)12-4-2-3-9-15-12/h1-10,15H,11-14,16H2,(H2,24,26);2-9,13,16H,1H3;2-9H,1H3. The third kappa shape index (κ3) is 12.9. The molecule has 334 valence electrons. The molecule has 1 atom stereocenters. The number of nitrogen functional groups attached to an aromatic ring is 1.